The van der Waals surface area contributed by atoms with Crippen LogP contribution in [0.3, 0.4) is 0 Å². The minimum Gasteiger partial charge on any atom is -0.370 e. The van der Waals surface area contributed by atoms with Crippen molar-refractivity contribution in [1.29, 1.82) is 0 Å². The first kappa shape index (κ1) is 15.5. The van der Waals surface area contributed by atoms with Gasteiger partial charge in [-0.1, -0.05) is 16.8 Å². The fourth-order valence-electron chi connectivity index (χ4n) is 3.22. The van der Waals surface area contributed by atoms with Gasteiger partial charge in [0.1, 0.15) is 0 Å². The Hall–Kier alpha value is -2.06. The zero-order valence-corrected chi connectivity index (χ0v) is 13.2. The standard InChI is InChI=1S/C15H13ClF2N4O2/c16-10-4-12(18)11(17)3-9(10)15(23)21-2-1-14-13(6-21)22-8(7-24-14)5-19-20-22/h3-5,13-14H,1-2,6-7H2/t13-,14-/m1/s1. The number of likely N-dealkylation sites (tertiary alicyclic amines) is 1. The number of rotatable bonds is 1. The highest BCUT2D eigenvalue weighted by atomic mass is 35.5. The van der Waals surface area contributed by atoms with Crippen LogP contribution >= 0.6 is 11.6 Å². The second-order valence-corrected chi connectivity index (χ2v) is 6.28. The van der Waals surface area contributed by atoms with E-state index >= 15 is 0 Å². The molecule has 0 aliphatic carbocycles. The third-order valence-electron chi connectivity index (χ3n) is 4.46. The van der Waals surface area contributed by atoms with Crippen LogP contribution in [0.25, 0.3) is 0 Å². The first-order chi connectivity index (χ1) is 11.5. The van der Waals surface area contributed by atoms with E-state index < -0.39 is 17.5 Å². The number of benzene rings is 1. The molecule has 0 saturated carbocycles. The van der Waals surface area contributed by atoms with Crippen LogP contribution in [-0.2, 0) is 11.3 Å². The summed E-state index contributed by atoms with van der Waals surface area (Å²) < 4.78 is 34.2. The highest BCUT2D eigenvalue weighted by molar-refractivity contribution is 6.33. The minimum absolute atomic E-state index is 0.0513. The summed E-state index contributed by atoms with van der Waals surface area (Å²) in [4.78, 5) is 14.2. The van der Waals surface area contributed by atoms with Crippen molar-refractivity contribution in [2.75, 3.05) is 13.1 Å². The molecule has 126 valence electrons. The topological polar surface area (TPSA) is 60.3 Å². The summed E-state index contributed by atoms with van der Waals surface area (Å²) in [6.07, 6.45) is 2.20. The molecule has 1 saturated heterocycles. The van der Waals surface area contributed by atoms with E-state index in [9.17, 15) is 13.6 Å². The number of hydrogen-bond acceptors (Lipinski definition) is 4. The molecular weight excluding hydrogens is 342 g/mol. The van der Waals surface area contributed by atoms with Gasteiger partial charge >= 0.3 is 0 Å². The molecule has 6 nitrogen and oxygen atoms in total. The number of piperidine rings is 1. The third kappa shape index (κ3) is 2.46. The molecule has 0 spiro atoms. The van der Waals surface area contributed by atoms with Gasteiger partial charge in [0.25, 0.3) is 5.91 Å². The minimum atomic E-state index is -1.10. The van der Waals surface area contributed by atoms with Crippen LogP contribution in [0, 0.1) is 11.6 Å². The van der Waals surface area contributed by atoms with Crippen LogP contribution in [0.1, 0.15) is 28.5 Å². The number of carbonyl (C=O) groups excluding carboxylic acids is 1. The summed E-state index contributed by atoms with van der Waals surface area (Å²) >= 11 is 5.91. The molecule has 1 aromatic heterocycles. The molecule has 0 unspecified atom stereocenters. The second-order valence-electron chi connectivity index (χ2n) is 5.87. The summed E-state index contributed by atoms with van der Waals surface area (Å²) in [7, 11) is 0. The molecule has 24 heavy (non-hydrogen) atoms. The number of fused-ring (bicyclic) bond motifs is 3. The summed E-state index contributed by atoms with van der Waals surface area (Å²) in [5.74, 6) is -2.62. The predicted octanol–water partition coefficient (Wildman–Crippen LogP) is 2.20. The van der Waals surface area contributed by atoms with E-state index in [4.69, 9.17) is 16.3 Å². The average molecular weight is 355 g/mol. The van der Waals surface area contributed by atoms with Gasteiger partial charge in [-0.3, -0.25) is 4.79 Å². The van der Waals surface area contributed by atoms with E-state index in [0.717, 1.165) is 17.8 Å². The van der Waals surface area contributed by atoms with E-state index in [0.29, 0.717) is 26.1 Å². The molecule has 9 heteroatoms. The Balaban J connectivity index is 1.60. The number of hydrogen-bond donors (Lipinski definition) is 0. The SMILES string of the molecule is O=C(c1cc(F)c(F)cc1Cl)N1CC[C@H]2OCc3cnnn3[C@@H]2C1. The maximum Gasteiger partial charge on any atom is 0.255 e. The monoisotopic (exact) mass is 354 g/mol. The number of nitrogens with zero attached hydrogens (tertiary/aromatic N) is 4. The van der Waals surface area contributed by atoms with Crippen LogP contribution in [-0.4, -0.2) is 45.0 Å². The Morgan fingerprint density at radius 3 is 2.96 bits per heavy atom. The van der Waals surface area contributed by atoms with Crippen LogP contribution in [0.4, 0.5) is 8.78 Å². The van der Waals surface area contributed by atoms with E-state index in [2.05, 4.69) is 10.3 Å². The highest BCUT2D eigenvalue weighted by Crippen LogP contribution is 2.31. The van der Waals surface area contributed by atoms with E-state index in [1.807, 2.05) is 0 Å². The Labute approximate surface area is 140 Å². The number of ether oxygens (including phenoxy) is 1. The Bertz CT molecular complexity index is 813. The molecule has 0 N–H and O–H groups in total. The van der Waals surface area contributed by atoms with Crippen molar-refractivity contribution in [2.45, 2.75) is 25.2 Å². The molecule has 2 aromatic rings. The van der Waals surface area contributed by atoms with Gasteiger partial charge in [0.05, 0.1) is 41.2 Å². The van der Waals surface area contributed by atoms with Crippen molar-refractivity contribution >= 4 is 17.5 Å². The zero-order valence-electron chi connectivity index (χ0n) is 12.5. The van der Waals surface area contributed by atoms with Gasteiger partial charge in [-0.2, -0.15) is 0 Å². The van der Waals surface area contributed by atoms with Crippen LogP contribution in [0.2, 0.25) is 5.02 Å². The van der Waals surface area contributed by atoms with Crippen molar-refractivity contribution in [3.8, 4) is 0 Å². The number of halogens is 3. The second kappa shape index (κ2) is 5.78. The Morgan fingerprint density at radius 2 is 2.12 bits per heavy atom. The summed E-state index contributed by atoms with van der Waals surface area (Å²) in [5, 5.41) is 7.83. The normalized spacial score (nSPS) is 22.9. The molecule has 2 atom stereocenters. The molecule has 1 amide bonds. The number of aromatic nitrogens is 3. The zero-order chi connectivity index (χ0) is 16.8. The first-order valence-corrected chi connectivity index (χ1v) is 7.87. The highest BCUT2D eigenvalue weighted by Gasteiger charge is 2.38. The fourth-order valence-corrected chi connectivity index (χ4v) is 3.45. The largest absolute Gasteiger partial charge is 0.370 e. The lowest BCUT2D eigenvalue weighted by molar-refractivity contribution is -0.0605. The lowest BCUT2D eigenvalue weighted by Gasteiger charge is -2.41. The molecule has 1 fully saturated rings. The predicted molar refractivity (Wildman–Crippen MR) is 79.5 cm³/mol. The molecule has 0 bridgehead atoms. The lowest BCUT2D eigenvalue weighted by Crippen LogP contribution is -2.50. The third-order valence-corrected chi connectivity index (χ3v) is 4.77. The van der Waals surface area contributed by atoms with Crippen LogP contribution in [0.15, 0.2) is 18.3 Å². The molecule has 3 heterocycles. The van der Waals surface area contributed by atoms with Crippen LogP contribution in [0.5, 0.6) is 0 Å². The van der Waals surface area contributed by atoms with Gasteiger partial charge in [-0.25, -0.2) is 13.5 Å². The molecular formula is C15H13ClF2N4O2. The molecule has 1 aromatic carbocycles. The Morgan fingerprint density at radius 1 is 1.33 bits per heavy atom. The molecule has 4 rings (SSSR count). The first-order valence-electron chi connectivity index (χ1n) is 7.49. The van der Waals surface area contributed by atoms with Crippen molar-refractivity contribution < 1.29 is 18.3 Å². The maximum atomic E-state index is 13.5. The average Bonchev–Trinajstić information content (AvgIpc) is 3.06. The maximum absolute atomic E-state index is 13.5. The quantitative estimate of drug-likeness (QED) is 0.737. The Kier molecular flexibility index (Phi) is 3.73. The van der Waals surface area contributed by atoms with E-state index in [1.54, 1.807) is 15.8 Å². The van der Waals surface area contributed by atoms with Crippen molar-refractivity contribution in [3.63, 3.8) is 0 Å². The van der Waals surface area contributed by atoms with Crippen molar-refractivity contribution in [3.05, 3.63) is 46.2 Å². The molecule has 2 aliphatic heterocycles. The lowest BCUT2D eigenvalue weighted by atomic mass is 9.99. The van der Waals surface area contributed by atoms with Gasteiger partial charge in [0.15, 0.2) is 11.6 Å². The smallest absolute Gasteiger partial charge is 0.255 e. The van der Waals surface area contributed by atoms with Crippen molar-refractivity contribution in [2.24, 2.45) is 0 Å². The molecule has 0 radical (unpaired) electrons. The van der Waals surface area contributed by atoms with Gasteiger partial charge in [0, 0.05) is 13.1 Å². The summed E-state index contributed by atoms with van der Waals surface area (Å²) in [5.41, 5.74) is 0.793. The fraction of sp³-hybridized carbons (Fsp3) is 0.400. The van der Waals surface area contributed by atoms with E-state index in [1.165, 1.54) is 0 Å². The van der Waals surface area contributed by atoms with E-state index in [-0.39, 0.29) is 22.7 Å². The number of carbonyl (C=O) groups is 1. The van der Waals surface area contributed by atoms with Gasteiger partial charge in [-0.15, -0.1) is 5.10 Å². The van der Waals surface area contributed by atoms with Crippen LogP contribution < -0.4 is 0 Å². The van der Waals surface area contributed by atoms with Gasteiger partial charge < -0.3 is 9.64 Å². The summed E-state index contributed by atoms with van der Waals surface area (Å²) in [6.45, 7) is 1.23. The molecule has 2 aliphatic rings. The van der Waals surface area contributed by atoms with Gasteiger partial charge in [0.2, 0.25) is 0 Å². The van der Waals surface area contributed by atoms with Gasteiger partial charge in [-0.05, 0) is 18.6 Å². The summed E-state index contributed by atoms with van der Waals surface area (Å²) in [6, 6.07) is 1.50. The number of amides is 1. The van der Waals surface area contributed by atoms with Crippen molar-refractivity contribution in [1.82, 2.24) is 19.9 Å².